The van der Waals surface area contributed by atoms with Crippen LogP contribution in [-0.2, 0) is 0 Å². The number of H-pyrrole nitrogens is 1. The van der Waals surface area contributed by atoms with E-state index in [4.69, 9.17) is 5.73 Å². The quantitative estimate of drug-likeness (QED) is 0.799. The van der Waals surface area contributed by atoms with Gasteiger partial charge in [0.1, 0.15) is 5.69 Å². The molecule has 2 heterocycles. The smallest absolute Gasteiger partial charge is 0.270 e. The Kier molecular flexibility index (Phi) is 3.02. The third kappa shape index (κ3) is 2.11. The van der Waals surface area contributed by atoms with E-state index in [1.165, 1.54) is 32.1 Å². The van der Waals surface area contributed by atoms with Gasteiger partial charge >= 0.3 is 0 Å². The SMILES string of the molecule is Nc1c[nH]c(C(=O)N2CCC3CCCCC3C2)c1. The van der Waals surface area contributed by atoms with Gasteiger partial charge in [-0.25, -0.2) is 0 Å². The fraction of sp³-hybridized carbons (Fsp3) is 0.643. The van der Waals surface area contributed by atoms with Crippen molar-refractivity contribution in [3.05, 3.63) is 18.0 Å². The number of piperidine rings is 1. The van der Waals surface area contributed by atoms with E-state index in [9.17, 15) is 4.79 Å². The minimum atomic E-state index is 0.107. The second kappa shape index (κ2) is 4.67. The average Bonchev–Trinajstić information content (AvgIpc) is 2.84. The number of amides is 1. The molecule has 1 aliphatic heterocycles. The molecule has 1 aliphatic carbocycles. The molecular formula is C14H21N3O. The van der Waals surface area contributed by atoms with Gasteiger partial charge in [0, 0.05) is 25.0 Å². The minimum absolute atomic E-state index is 0.107. The topological polar surface area (TPSA) is 62.1 Å². The molecule has 1 amide bonds. The van der Waals surface area contributed by atoms with Crippen molar-refractivity contribution in [2.24, 2.45) is 11.8 Å². The fourth-order valence-corrected chi connectivity index (χ4v) is 3.49. The largest absolute Gasteiger partial charge is 0.397 e. The summed E-state index contributed by atoms with van der Waals surface area (Å²) in [5.74, 6) is 1.69. The molecule has 0 bridgehead atoms. The first-order chi connectivity index (χ1) is 8.74. The Morgan fingerprint density at radius 1 is 1.28 bits per heavy atom. The zero-order chi connectivity index (χ0) is 12.5. The molecule has 2 fully saturated rings. The van der Waals surface area contributed by atoms with Crippen LogP contribution in [0.4, 0.5) is 5.69 Å². The van der Waals surface area contributed by atoms with Crippen molar-refractivity contribution >= 4 is 11.6 Å². The first-order valence-electron chi connectivity index (χ1n) is 6.97. The first kappa shape index (κ1) is 11.6. The zero-order valence-electron chi connectivity index (χ0n) is 10.7. The van der Waals surface area contributed by atoms with Crippen LogP contribution in [0.3, 0.4) is 0 Å². The number of fused-ring (bicyclic) bond motifs is 1. The first-order valence-corrected chi connectivity index (χ1v) is 6.97. The summed E-state index contributed by atoms with van der Waals surface area (Å²) in [5.41, 5.74) is 6.91. The number of hydrogen-bond acceptors (Lipinski definition) is 2. The highest BCUT2D eigenvalue weighted by atomic mass is 16.2. The summed E-state index contributed by atoms with van der Waals surface area (Å²) >= 11 is 0. The third-order valence-electron chi connectivity index (χ3n) is 4.51. The lowest BCUT2D eigenvalue weighted by Crippen LogP contribution is -2.44. The highest BCUT2D eigenvalue weighted by molar-refractivity contribution is 5.93. The van der Waals surface area contributed by atoms with Crippen molar-refractivity contribution in [3.63, 3.8) is 0 Å². The number of carbonyl (C=O) groups excluding carboxylic acids is 1. The number of likely N-dealkylation sites (tertiary alicyclic amines) is 1. The number of nitrogens with two attached hydrogens (primary N) is 1. The lowest BCUT2D eigenvalue weighted by Gasteiger charge is -2.41. The Morgan fingerprint density at radius 2 is 2.06 bits per heavy atom. The van der Waals surface area contributed by atoms with E-state index in [0.29, 0.717) is 11.4 Å². The Bertz CT molecular complexity index is 440. The molecule has 4 nitrogen and oxygen atoms in total. The Labute approximate surface area is 108 Å². The number of aromatic nitrogens is 1. The number of nitrogen functional groups attached to an aromatic ring is 1. The van der Waals surface area contributed by atoms with E-state index in [2.05, 4.69) is 4.98 Å². The van der Waals surface area contributed by atoms with Crippen LogP contribution in [0.25, 0.3) is 0 Å². The van der Waals surface area contributed by atoms with Gasteiger partial charge in [-0.1, -0.05) is 19.3 Å². The van der Waals surface area contributed by atoms with Crippen LogP contribution < -0.4 is 5.73 Å². The number of carbonyl (C=O) groups is 1. The molecule has 18 heavy (non-hydrogen) atoms. The van der Waals surface area contributed by atoms with Gasteiger partial charge in [-0.05, 0) is 30.7 Å². The minimum Gasteiger partial charge on any atom is -0.397 e. The lowest BCUT2D eigenvalue weighted by atomic mass is 9.75. The normalized spacial score (nSPS) is 27.9. The molecule has 98 valence electrons. The van der Waals surface area contributed by atoms with Gasteiger partial charge in [-0.2, -0.15) is 0 Å². The number of nitrogens with one attached hydrogen (secondary N) is 1. The maximum Gasteiger partial charge on any atom is 0.270 e. The Balaban J connectivity index is 1.68. The fourth-order valence-electron chi connectivity index (χ4n) is 3.49. The molecule has 0 radical (unpaired) electrons. The summed E-state index contributed by atoms with van der Waals surface area (Å²) in [7, 11) is 0. The monoisotopic (exact) mass is 247 g/mol. The van der Waals surface area contributed by atoms with Gasteiger partial charge in [0.15, 0.2) is 0 Å². The van der Waals surface area contributed by atoms with Gasteiger partial charge in [-0.15, -0.1) is 0 Å². The molecule has 2 aliphatic rings. The number of anilines is 1. The molecule has 1 aromatic heterocycles. The molecule has 0 aromatic carbocycles. The highest BCUT2D eigenvalue weighted by Crippen LogP contribution is 2.36. The second-order valence-electron chi connectivity index (χ2n) is 5.69. The lowest BCUT2D eigenvalue weighted by molar-refractivity contribution is 0.0516. The van der Waals surface area contributed by atoms with Crippen LogP contribution in [0.2, 0.25) is 0 Å². The highest BCUT2D eigenvalue weighted by Gasteiger charge is 2.33. The van der Waals surface area contributed by atoms with Gasteiger partial charge in [0.05, 0.1) is 0 Å². The van der Waals surface area contributed by atoms with Crippen LogP contribution in [0.15, 0.2) is 12.3 Å². The van der Waals surface area contributed by atoms with E-state index in [1.807, 2.05) is 4.90 Å². The summed E-state index contributed by atoms with van der Waals surface area (Å²) in [6.45, 7) is 1.83. The predicted molar refractivity (Wildman–Crippen MR) is 71.2 cm³/mol. The van der Waals surface area contributed by atoms with Gasteiger partial charge in [0.25, 0.3) is 5.91 Å². The predicted octanol–water partition coefficient (Wildman–Crippen LogP) is 2.25. The molecule has 3 rings (SSSR count). The van der Waals surface area contributed by atoms with Crippen molar-refractivity contribution in [3.8, 4) is 0 Å². The molecule has 1 saturated heterocycles. The maximum atomic E-state index is 12.3. The van der Waals surface area contributed by atoms with Crippen LogP contribution in [0.5, 0.6) is 0 Å². The van der Waals surface area contributed by atoms with E-state index >= 15 is 0 Å². The van der Waals surface area contributed by atoms with Crippen LogP contribution in [0, 0.1) is 11.8 Å². The van der Waals surface area contributed by atoms with E-state index in [0.717, 1.165) is 24.9 Å². The van der Waals surface area contributed by atoms with Crippen molar-refractivity contribution in [1.82, 2.24) is 9.88 Å². The number of aromatic amines is 1. The Hall–Kier alpha value is -1.45. The standard InChI is InChI=1S/C14H21N3O/c15-12-7-13(16-8-12)14(18)17-6-5-10-3-1-2-4-11(10)9-17/h7-8,10-11,16H,1-6,9,15H2. The summed E-state index contributed by atoms with van der Waals surface area (Å²) in [6.07, 6.45) is 8.22. The molecular weight excluding hydrogens is 226 g/mol. The molecule has 2 atom stereocenters. The van der Waals surface area contributed by atoms with E-state index in [-0.39, 0.29) is 5.91 Å². The second-order valence-corrected chi connectivity index (χ2v) is 5.69. The van der Waals surface area contributed by atoms with Crippen molar-refractivity contribution < 1.29 is 4.79 Å². The zero-order valence-corrected chi connectivity index (χ0v) is 10.7. The number of nitrogens with zero attached hydrogens (tertiary/aromatic N) is 1. The van der Waals surface area contributed by atoms with Gasteiger partial charge < -0.3 is 15.6 Å². The van der Waals surface area contributed by atoms with Crippen LogP contribution >= 0.6 is 0 Å². The molecule has 1 aromatic rings. The van der Waals surface area contributed by atoms with Crippen molar-refractivity contribution in [2.75, 3.05) is 18.8 Å². The molecule has 2 unspecified atom stereocenters. The number of rotatable bonds is 1. The molecule has 3 N–H and O–H groups in total. The van der Waals surface area contributed by atoms with Crippen molar-refractivity contribution in [1.29, 1.82) is 0 Å². The van der Waals surface area contributed by atoms with Crippen molar-refractivity contribution in [2.45, 2.75) is 32.1 Å². The van der Waals surface area contributed by atoms with Crippen LogP contribution in [-0.4, -0.2) is 28.9 Å². The number of hydrogen-bond donors (Lipinski definition) is 2. The Morgan fingerprint density at radius 3 is 2.78 bits per heavy atom. The third-order valence-corrected chi connectivity index (χ3v) is 4.51. The summed E-state index contributed by atoms with van der Waals surface area (Å²) in [4.78, 5) is 17.3. The summed E-state index contributed by atoms with van der Waals surface area (Å²) in [5, 5.41) is 0. The molecule has 4 heteroatoms. The van der Waals surface area contributed by atoms with Crippen LogP contribution in [0.1, 0.15) is 42.6 Å². The van der Waals surface area contributed by atoms with E-state index < -0.39 is 0 Å². The van der Waals surface area contributed by atoms with Gasteiger partial charge in [0.2, 0.25) is 0 Å². The van der Waals surface area contributed by atoms with Gasteiger partial charge in [-0.3, -0.25) is 4.79 Å². The van der Waals surface area contributed by atoms with E-state index in [1.54, 1.807) is 12.3 Å². The maximum absolute atomic E-state index is 12.3. The summed E-state index contributed by atoms with van der Waals surface area (Å²) < 4.78 is 0. The average molecular weight is 247 g/mol. The molecule has 1 saturated carbocycles. The summed E-state index contributed by atoms with van der Waals surface area (Å²) in [6, 6.07) is 1.73. The molecule has 0 spiro atoms.